The van der Waals surface area contributed by atoms with Gasteiger partial charge in [-0.2, -0.15) is 0 Å². The molecular formula is C9H9BrN2O2. The van der Waals surface area contributed by atoms with Gasteiger partial charge in [0.2, 0.25) is 5.91 Å². The van der Waals surface area contributed by atoms with Crippen molar-refractivity contribution in [1.29, 1.82) is 0 Å². The lowest BCUT2D eigenvalue weighted by Crippen LogP contribution is -2.26. The average molecular weight is 257 g/mol. The summed E-state index contributed by atoms with van der Waals surface area (Å²) in [5.74, 6) is 0.504. The number of amides is 1. The fourth-order valence-electron chi connectivity index (χ4n) is 1.45. The minimum atomic E-state index is -0.566. The van der Waals surface area contributed by atoms with Crippen molar-refractivity contribution in [3.63, 3.8) is 0 Å². The number of hydrogen-bond donors (Lipinski definition) is 1. The zero-order valence-electron chi connectivity index (χ0n) is 7.35. The number of carbonyl (C=O) groups excluding carboxylic acids is 1. The van der Waals surface area contributed by atoms with Gasteiger partial charge in [-0.25, -0.2) is 4.98 Å². The average Bonchev–Trinajstić information content (AvgIpc) is 2.45. The van der Waals surface area contributed by atoms with Gasteiger partial charge >= 0.3 is 0 Å². The molecule has 1 aromatic rings. The zero-order valence-corrected chi connectivity index (χ0v) is 8.94. The highest BCUT2D eigenvalue weighted by Crippen LogP contribution is 2.21. The summed E-state index contributed by atoms with van der Waals surface area (Å²) in [7, 11) is 0. The Kier molecular flexibility index (Phi) is 2.52. The maximum atomic E-state index is 11.4. The number of aliphatic hydroxyl groups excluding tert-OH is 1. The summed E-state index contributed by atoms with van der Waals surface area (Å²) in [6.07, 6.45) is 1.24. The molecule has 1 amide bonds. The molecule has 0 aromatic carbocycles. The third-order valence-electron chi connectivity index (χ3n) is 2.09. The van der Waals surface area contributed by atoms with E-state index in [0.717, 1.165) is 4.47 Å². The summed E-state index contributed by atoms with van der Waals surface area (Å²) >= 11 is 3.30. The van der Waals surface area contributed by atoms with Crippen molar-refractivity contribution in [2.45, 2.75) is 12.5 Å². The molecule has 0 saturated carbocycles. The lowest BCUT2D eigenvalue weighted by molar-refractivity contribution is -0.117. The number of aliphatic hydroxyl groups is 1. The Morgan fingerprint density at radius 2 is 2.43 bits per heavy atom. The molecule has 1 aromatic heterocycles. The Morgan fingerprint density at radius 3 is 3.00 bits per heavy atom. The number of halogens is 1. The van der Waals surface area contributed by atoms with Crippen molar-refractivity contribution in [2.75, 3.05) is 11.4 Å². The van der Waals surface area contributed by atoms with Crippen LogP contribution in [0, 0.1) is 0 Å². The lowest BCUT2D eigenvalue weighted by Gasteiger charge is -2.14. The van der Waals surface area contributed by atoms with Crippen molar-refractivity contribution in [3.8, 4) is 0 Å². The number of nitrogens with zero attached hydrogens (tertiary/aromatic N) is 2. The molecule has 0 radical (unpaired) electrons. The van der Waals surface area contributed by atoms with Crippen molar-refractivity contribution in [3.05, 3.63) is 22.8 Å². The first kappa shape index (κ1) is 9.61. The molecule has 1 fully saturated rings. The van der Waals surface area contributed by atoms with Gasteiger partial charge in [0.05, 0.1) is 19.1 Å². The van der Waals surface area contributed by atoms with Crippen molar-refractivity contribution in [1.82, 2.24) is 4.98 Å². The van der Waals surface area contributed by atoms with Gasteiger partial charge in [-0.1, -0.05) is 15.9 Å². The molecule has 1 atom stereocenters. The third-order valence-corrected chi connectivity index (χ3v) is 2.58. The summed E-state index contributed by atoms with van der Waals surface area (Å²) in [5, 5.41) is 9.30. The zero-order chi connectivity index (χ0) is 10.1. The van der Waals surface area contributed by atoms with Gasteiger partial charge in [0.25, 0.3) is 0 Å². The van der Waals surface area contributed by atoms with Crippen LogP contribution < -0.4 is 4.90 Å². The smallest absolute Gasteiger partial charge is 0.230 e. The third kappa shape index (κ3) is 1.78. The van der Waals surface area contributed by atoms with Gasteiger partial charge in [-0.3, -0.25) is 9.69 Å². The molecule has 2 rings (SSSR count). The largest absolute Gasteiger partial charge is 0.391 e. The van der Waals surface area contributed by atoms with E-state index >= 15 is 0 Å². The molecule has 1 aliphatic rings. The molecule has 0 bridgehead atoms. The van der Waals surface area contributed by atoms with Crippen LogP contribution in [0.3, 0.4) is 0 Å². The van der Waals surface area contributed by atoms with E-state index in [4.69, 9.17) is 0 Å². The Morgan fingerprint density at radius 1 is 1.64 bits per heavy atom. The van der Waals surface area contributed by atoms with Gasteiger partial charge in [0.15, 0.2) is 0 Å². The Balaban J connectivity index is 2.27. The van der Waals surface area contributed by atoms with Crippen LogP contribution in [-0.2, 0) is 4.79 Å². The second-order valence-electron chi connectivity index (χ2n) is 3.19. The topological polar surface area (TPSA) is 53.4 Å². The monoisotopic (exact) mass is 256 g/mol. The van der Waals surface area contributed by atoms with Gasteiger partial charge < -0.3 is 5.11 Å². The van der Waals surface area contributed by atoms with Crippen molar-refractivity contribution in [2.24, 2.45) is 0 Å². The number of carbonyl (C=O) groups is 1. The number of aromatic nitrogens is 1. The van der Waals surface area contributed by atoms with E-state index in [1.807, 2.05) is 0 Å². The van der Waals surface area contributed by atoms with Crippen LogP contribution in [-0.4, -0.2) is 28.6 Å². The van der Waals surface area contributed by atoms with E-state index in [2.05, 4.69) is 20.9 Å². The molecule has 0 aliphatic carbocycles. The molecule has 1 N–H and O–H groups in total. The number of rotatable bonds is 1. The number of anilines is 1. The number of hydrogen-bond acceptors (Lipinski definition) is 3. The molecule has 4 nitrogen and oxygen atoms in total. The summed E-state index contributed by atoms with van der Waals surface area (Å²) < 4.78 is 0.872. The van der Waals surface area contributed by atoms with Crippen LogP contribution in [0.5, 0.6) is 0 Å². The van der Waals surface area contributed by atoms with Gasteiger partial charge in [-0.05, 0) is 12.1 Å². The fourth-order valence-corrected chi connectivity index (χ4v) is 1.77. The van der Waals surface area contributed by atoms with E-state index in [0.29, 0.717) is 12.4 Å². The molecule has 1 aliphatic heterocycles. The maximum Gasteiger partial charge on any atom is 0.230 e. The fraction of sp³-hybridized carbons (Fsp3) is 0.333. The second-order valence-corrected chi connectivity index (χ2v) is 4.11. The van der Waals surface area contributed by atoms with Gasteiger partial charge in [0.1, 0.15) is 5.82 Å². The molecule has 74 valence electrons. The second kappa shape index (κ2) is 3.67. The van der Waals surface area contributed by atoms with E-state index in [9.17, 15) is 9.90 Å². The first-order valence-electron chi connectivity index (χ1n) is 4.27. The number of β-amino-alcohol motifs (C(OH)–C–C–N with tert-alkyl or cyclic N) is 1. The normalized spacial score (nSPS) is 21.7. The molecule has 1 saturated heterocycles. The van der Waals surface area contributed by atoms with E-state index in [-0.39, 0.29) is 12.3 Å². The highest BCUT2D eigenvalue weighted by Gasteiger charge is 2.29. The quantitative estimate of drug-likeness (QED) is 0.814. The van der Waals surface area contributed by atoms with Crippen LogP contribution >= 0.6 is 15.9 Å². The Labute approximate surface area is 89.7 Å². The van der Waals surface area contributed by atoms with Gasteiger partial charge in [-0.15, -0.1) is 0 Å². The predicted octanol–water partition coefficient (Wildman–Crippen LogP) is 0.942. The van der Waals surface area contributed by atoms with E-state index in [1.54, 1.807) is 18.3 Å². The standard InChI is InChI=1S/C9H9BrN2O2/c10-6-1-2-11-8(3-6)12-5-7(13)4-9(12)14/h1-3,7,13H,4-5H2. The van der Waals surface area contributed by atoms with Crippen LogP contribution in [0.1, 0.15) is 6.42 Å². The Hall–Kier alpha value is -0.940. The van der Waals surface area contributed by atoms with Crippen molar-refractivity contribution < 1.29 is 9.90 Å². The molecule has 2 heterocycles. The predicted molar refractivity (Wildman–Crippen MR) is 54.9 cm³/mol. The molecule has 1 unspecified atom stereocenters. The number of pyridine rings is 1. The molecular weight excluding hydrogens is 248 g/mol. The summed E-state index contributed by atoms with van der Waals surface area (Å²) in [6, 6.07) is 3.55. The molecule has 14 heavy (non-hydrogen) atoms. The van der Waals surface area contributed by atoms with Crippen LogP contribution in [0.4, 0.5) is 5.82 Å². The van der Waals surface area contributed by atoms with Crippen LogP contribution in [0.15, 0.2) is 22.8 Å². The van der Waals surface area contributed by atoms with Crippen LogP contribution in [0.2, 0.25) is 0 Å². The summed E-state index contributed by atoms with van der Waals surface area (Å²) in [6.45, 7) is 0.336. The minimum absolute atomic E-state index is 0.0805. The van der Waals surface area contributed by atoms with Crippen LogP contribution in [0.25, 0.3) is 0 Å². The lowest BCUT2D eigenvalue weighted by atomic mass is 10.3. The van der Waals surface area contributed by atoms with Crippen molar-refractivity contribution >= 4 is 27.7 Å². The van der Waals surface area contributed by atoms with Gasteiger partial charge in [0, 0.05) is 10.7 Å². The maximum absolute atomic E-state index is 11.4. The first-order valence-corrected chi connectivity index (χ1v) is 5.06. The van der Waals surface area contributed by atoms with E-state index in [1.165, 1.54) is 4.90 Å². The Bertz CT molecular complexity index is 370. The molecule has 0 spiro atoms. The SMILES string of the molecule is O=C1CC(O)CN1c1cc(Br)ccn1. The highest BCUT2D eigenvalue weighted by molar-refractivity contribution is 9.10. The van der Waals surface area contributed by atoms with E-state index < -0.39 is 6.10 Å². The summed E-state index contributed by atoms with van der Waals surface area (Å²) in [4.78, 5) is 17.0. The summed E-state index contributed by atoms with van der Waals surface area (Å²) in [5.41, 5.74) is 0. The minimum Gasteiger partial charge on any atom is -0.391 e. The molecule has 5 heteroatoms. The first-order chi connectivity index (χ1) is 6.66. The highest BCUT2D eigenvalue weighted by atomic mass is 79.9.